The zero-order valence-electron chi connectivity index (χ0n) is 6.12. The van der Waals surface area contributed by atoms with Gasteiger partial charge in [-0.05, 0) is 6.42 Å². The van der Waals surface area contributed by atoms with Gasteiger partial charge in [0.15, 0.2) is 0 Å². The summed E-state index contributed by atoms with van der Waals surface area (Å²) in [4.78, 5) is 10.5. The molecule has 0 bridgehead atoms. The number of hydrogen-bond donors (Lipinski definition) is 1. The third-order valence-corrected chi connectivity index (χ3v) is 1.53. The molecule has 0 radical (unpaired) electrons. The van der Waals surface area contributed by atoms with E-state index in [9.17, 15) is 4.79 Å². The van der Waals surface area contributed by atoms with Gasteiger partial charge >= 0.3 is 5.97 Å². The van der Waals surface area contributed by atoms with Crippen LogP contribution in [0, 0.1) is 0 Å². The van der Waals surface area contributed by atoms with Crippen LogP contribution >= 0.6 is 22.6 Å². The lowest BCUT2D eigenvalue weighted by Crippen LogP contribution is -2.04. The Hall–Kier alpha value is -0.100. The minimum atomic E-state index is -0.209. The lowest BCUT2D eigenvalue weighted by molar-refractivity contribution is -0.138. The fraction of sp³-hybridized carbons (Fsp3) is 0.571. The van der Waals surface area contributed by atoms with Gasteiger partial charge in [-0.1, -0.05) is 34.7 Å². The number of esters is 1. The first kappa shape index (κ1) is 10.9. The average Bonchev–Trinajstić information content (AvgIpc) is 2.04. The van der Waals surface area contributed by atoms with Crippen molar-refractivity contribution in [1.29, 1.82) is 0 Å². The van der Waals surface area contributed by atoms with Crippen LogP contribution in [0.4, 0.5) is 0 Å². The van der Waals surface area contributed by atoms with Crippen LogP contribution in [0.15, 0.2) is 12.2 Å². The molecule has 11 heavy (non-hydrogen) atoms. The number of rotatable bonds is 5. The van der Waals surface area contributed by atoms with E-state index in [0.717, 1.165) is 0 Å². The van der Waals surface area contributed by atoms with Gasteiger partial charge < -0.3 is 9.84 Å². The zero-order chi connectivity index (χ0) is 8.53. The van der Waals surface area contributed by atoms with Gasteiger partial charge in [0.2, 0.25) is 0 Å². The second-order valence-electron chi connectivity index (χ2n) is 1.80. The largest absolute Gasteiger partial charge is 0.461 e. The highest BCUT2D eigenvalue weighted by Crippen LogP contribution is 1.87. The van der Waals surface area contributed by atoms with Crippen LogP contribution in [0.3, 0.4) is 0 Å². The van der Waals surface area contributed by atoms with E-state index in [4.69, 9.17) is 9.84 Å². The molecule has 0 atom stereocenters. The monoisotopic (exact) mass is 270 g/mol. The molecule has 0 aliphatic heterocycles. The lowest BCUT2D eigenvalue weighted by atomic mass is 10.4. The molecule has 0 unspecified atom stereocenters. The normalized spacial score (nSPS) is 10.4. The van der Waals surface area contributed by atoms with Crippen molar-refractivity contribution in [2.75, 3.05) is 17.6 Å². The molecule has 0 aromatic rings. The summed E-state index contributed by atoms with van der Waals surface area (Å²) in [5.41, 5.74) is 0. The minimum Gasteiger partial charge on any atom is -0.461 e. The average molecular weight is 270 g/mol. The highest BCUT2D eigenvalue weighted by molar-refractivity contribution is 14.1. The summed E-state index contributed by atoms with van der Waals surface area (Å²) in [7, 11) is 0. The van der Waals surface area contributed by atoms with Crippen molar-refractivity contribution in [2.45, 2.75) is 6.42 Å². The smallest absolute Gasteiger partial charge is 0.316 e. The standard InChI is InChI=1S/C7H11IO3/c8-6-7(10)11-5-3-1-2-4-9/h1,3,9H,2,4-6H2/b3-1+. The molecule has 0 fully saturated rings. The molecule has 1 N–H and O–H groups in total. The number of aliphatic hydroxyl groups is 1. The first-order chi connectivity index (χ1) is 5.31. The number of halogens is 1. The summed E-state index contributed by atoms with van der Waals surface area (Å²) in [6.07, 6.45) is 4.11. The maximum absolute atomic E-state index is 10.5. The highest BCUT2D eigenvalue weighted by Gasteiger charge is 1.94. The van der Waals surface area contributed by atoms with Crippen LogP contribution in [0.25, 0.3) is 0 Å². The van der Waals surface area contributed by atoms with Crippen molar-refractivity contribution in [3.8, 4) is 0 Å². The van der Waals surface area contributed by atoms with Gasteiger partial charge in [0, 0.05) is 6.61 Å². The molecule has 0 heterocycles. The summed E-state index contributed by atoms with van der Waals surface area (Å²) in [6, 6.07) is 0. The number of aliphatic hydroxyl groups excluding tert-OH is 1. The van der Waals surface area contributed by atoms with Gasteiger partial charge in [0.1, 0.15) is 6.61 Å². The quantitative estimate of drug-likeness (QED) is 0.349. The Morgan fingerprint density at radius 2 is 2.27 bits per heavy atom. The second kappa shape index (κ2) is 8.00. The molecule has 0 aliphatic rings. The fourth-order valence-electron chi connectivity index (χ4n) is 0.440. The lowest BCUT2D eigenvalue weighted by Gasteiger charge is -1.95. The van der Waals surface area contributed by atoms with E-state index in [1.807, 2.05) is 22.6 Å². The molecule has 0 aliphatic carbocycles. The Morgan fingerprint density at radius 3 is 2.82 bits per heavy atom. The van der Waals surface area contributed by atoms with Gasteiger partial charge in [-0.15, -0.1) is 0 Å². The summed E-state index contributed by atoms with van der Waals surface area (Å²) in [6.45, 7) is 0.443. The third-order valence-electron chi connectivity index (χ3n) is 0.912. The predicted molar refractivity (Wildman–Crippen MR) is 50.7 cm³/mol. The summed E-state index contributed by atoms with van der Waals surface area (Å²) >= 11 is 1.94. The van der Waals surface area contributed by atoms with Crippen LogP contribution in [0.1, 0.15) is 6.42 Å². The van der Waals surface area contributed by atoms with Crippen LogP contribution < -0.4 is 0 Å². The topological polar surface area (TPSA) is 46.5 Å². The fourth-order valence-corrected chi connectivity index (χ4v) is 0.660. The third kappa shape index (κ3) is 7.80. The van der Waals surface area contributed by atoms with Gasteiger partial charge in [-0.3, -0.25) is 4.79 Å². The van der Waals surface area contributed by atoms with Crippen molar-refractivity contribution in [1.82, 2.24) is 0 Å². The molecule has 0 aromatic carbocycles. The summed E-state index contributed by atoms with van der Waals surface area (Å²) in [5, 5.41) is 8.36. The Balaban J connectivity index is 3.19. The minimum absolute atomic E-state index is 0.136. The first-order valence-electron chi connectivity index (χ1n) is 3.28. The van der Waals surface area contributed by atoms with E-state index >= 15 is 0 Å². The Morgan fingerprint density at radius 1 is 1.55 bits per heavy atom. The number of carbonyl (C=O) groups excluding carboxylic acids is 1. The molecule has 4 heteroatoms. The number of alkyl halides is 1. The Labute approximate surface area is 79.6 Å². The molecular formula is C7H11IO3. The van der Waals surface area contributed by atoms with Crippen molar-refractivity contribution in [3.05, 3.63) is 12.2 Å². The summed E-state index contributed by atoms with van der Waals surface area (Å²) in [5.74, 6) is -0.209. The van der Waals surface area contributed by atoms with Gasteiger partial charge in [-0.25, -0.2) is 0 Å². The highest BCUT2D eigenvalue weighted by atomic mass is 127. The SMILES string of the molecule is O=C(CI)OC/C=C/CCO. The zero-order valence-corrected chi connectivity index (χ0v) is 8.28. The van der Waals surface area contributed by atoms with Crippen molar-refractivity contribution >= 4 is 28.6 Å². The molecule has 0 aromatic heterocycles. The molecular weight excluding hydrogens is 259 g/mol. The first-order valence-corrected chi connectivity index (χ1v) is 4.81. The van der Waals surface area contributed by atoms with Gasteiger partial charge in [-0.2, -0.15) is 0 Å². The number of hydrogen-bond acceptors (Lipinski definition) is 3. The molecule has 0 saturated carbocycles. The van der Waals surface area contributed by atoms with E-state index in [1.165, 1.54) is 0 Å². The van der Waals surface area contributed by atoms with E-state index in [0.29, 0.717) is 17.5 Å². The summed E-state index contributed by atoms with van der Waals surface area (Å²) < 4.78 is 5.10. The molecule has 64 valence electrons. The maximum Gasteiger partial charge on any atom is 0.316 e. The van der Waals surface area contributed by atoms with Gasteiger partial charge in [0.25, 0.3) is 0 Å². The van der Waals surface area contributed by atoms with Crippen LogP contribution in [-0.2, 0) is 9.53 Å². The van der Waals surface area contributed by atoms with Crippen molar-refractivity contribution in [2.24, 2.45) is 0 Å². The second-order valence-corrected chi connectivity index (χ2v) is 2.56. The Bertz CT molecular complexity index is 134. The Kier molecular flexibility index (Phi) is 7.93. The molecule has 0 amide bonds. The maximum atomic E-state index is 10.5. The molecule has 0 rings (SSSR count). The van der Waals surface area contributed by atoms with Crippen LogP contribution in [0.5, 0.6) is 0 Å². The van der Waals surface area contributed by atoms with Crippen LogP contribution in [0.2, 0.25) is 0 Å². The van der Waals surface area contributed by atoms with Crippen LogP contribution in [-0.4, -0.2) is 28.7 Å². The predicted octanol–water partition coefficient (Wildman–Crippen LogP) is 0.903. The van der Waals surface area contributed by atoms with E-state index in [1.54, 1.807) is 12.2 Å². The number of carbonyl (C=O) groups is 1. The van der Waals surface area contributed by atoms with Crippen molar-refractivity contribution < 1.29 is 14.6 Å². The van der Waals surface area contributed by atoms with E-state index in [2.05, 4.69) is 0 Å². The molecule has 0 spiro atoms. The van der Waals surface area contributed by atoms with E-state index in [-0.39, 0.29) is 12.6 Å². The van der Waals surface area contributed by atoms with E-state index < -0.39 is 0 Å². The van der Waals surface area contributed by atoms with Gasteiger partial charge in [0.05, 0.1) is 4.43 Å². The molecule has 3 nitrogen and oxygen atoms in total. The number of ether oxygens (including phenoxy) is 1. The van der Waals surface area contributed by atoms with Crippen molar-refractivity contribution in [3.63, 3.8) is 0 Å². The molecule has 0 saturated heterocycles.